The van der Waals surface area contributed by atoms with Gasteiger partial charge in [0.05, 0.1) is 5.39 Å². The minimum Gasteiger partial charge on any atom is -0.421 e. The van der Waals surface area contributed by atoms with Gasteiger partial charge in [0.15, 0.2) is 17.4 Å². The zero-order valence-corrected chi connectivity index (χ0v) is 14.1. The largest absolute Gasteiger partial charge is 0.421 e. The number of hydrogen-bond acceptors (Lipinski definition) is 6. The van der Waals surface area contributed by atoms with Gasteiger partial charge < -0.3 is 15.0 Å². The minimum atomic E-state index is -0.568. The van der Waals surface area contributed by atoms with Crippen molar-refractivity contribution in [2.24, 2.45) is 7.05 Å². The molecule has 0 saturated carbocycles. The number of nitrogens with zero attached hydrogens (tertiary/aromatic N) is 5. The van der Waals surface area contributed by atoms with Crippen LogP contribution >= 0.6 is 0 Å². The quantitative estimate of drug-likeness (QED) is 0.610. The van der Waals surface area contributed by atoms with Gasteiger partial charge in [-0.1, -0.05) is 0 Å². The number of nitrogen functional groups attached to an aromatic ring is 1. The molecule has 2 N–H and O–H groups in total. The lowest BCUT2D eigenvalue weighted by molar-refractivity contribution is 0.410. The Labute approximate surface area is 148 Å². The molecule has 0 spiro atoms. The number of ether oxygens (including phenoxy) is 1. The third-order valence-electron chi connectivity index (χ3n) is 3.92. The van der Waals surface area contributed by atoms with E-state index in [9.17, 15) is 4.39 Å². The van der Waals surface area contributed by atoms with E-state index in [2.05, 4.69) is 19.9 Å². The molecular weight excluding hydrogens is 335 g/mol. The van der Waals surface area contributed by atoms with Gasteiger partial charge in [-0.05, 0) is 37.3 Å². The summed E-state index contributed by atoms with van der Waals surface area (Å²) in [5.74, 6) is 0.141. The van der Waals surface area contributed by atoms with Crippen LogP contribution < -0.4 is 10.5 Å². The van der Waals surface area contributed by atoms with E-state index >= 15 is 0 Å². The Hall–Kier alpha value is -3.55. The van der Waals surface area contributed by atoms with E-state index in [1.165, 1.54) is 12.1 Å². The molecule has 1 aromatic carbocycles. The number of anilines is 1. The molecule has 4 aromatic rings. The van der Waals surface area contributed by atoms with E-state index in [0.29, 0.717) is 22.9 Å². The van der Waals surface area contributed by atoms with Crippen LogP contribution in [0.25, 0.3) is 22.4 Å². The van der Waals surface area contributed by atoms with Crippen molar-refractivity contribution >= 4 is 16.9 Å². The minimum absolute atomic E-state index is 0.0206. The number of fused-ring (bicyclic) bond motifs is 1. The zero-order valence-electron chi connectivity index (χ0n) is 14.1. The predicted molar refractivity (Wildman–Crippen MR) is 95.2 cm³/mol. The lowest BCUT2D eigenvalue weighted by Crippen LogP contribution is -2.00. The SMILES string of the molecule is Cc1ccnc(Oc2ccc(-c3nc(N)c4ccn(C)c4n3)cc2F)n1. The van der Waals surface area contributed by atoms with Crippen molar-refractivity contribution in [3.8, 4) is 23.1 Å². The van der Waals surface area contributed by atoms with Crippen LogP contribution in [0.2, 0.25) is 0 Å². The number of nitrogens with two attached hydrogens (primary N) is 1. The van der Waals surface area contributed by atoms with Crippen molar-refractivity contribution in [1.29, 1.82) is 0 Å². The van der Waals surface area contributed by atoms with E-state index in [4.69, 9.17) is 10.5 Å². The second-order valence-electron chi connectivity index (χ2n) is 5.82. The summed E-state index contributed by atoms with van der Waals surface area (Å²) in [4.78, 5) is 16.8. The average Bonchev–Trinajstić information content (AvgIpc) is 2.98. The summed E-state index contributed by atoms with van der Waals surface area (Å²) in [5, 5.41) is 0.758. The van der Waals surface area contributed by atoms with Gasteiger partial charge in [-0.15, -0.1) is 0 Å². The van der Waals surface area contributed by atoms with E-state index < -0.39 is 5.82 Å². The Balaban J connectivity index is 1.71. The Bertz CT molecular complexity index is 1120. The van der Waals surface area contributed by atoms with E-state index in [1.54, 1.807) is 25.3 Å². The number of halogens is 1. The first kappa shape index (κ1) is 15.9. The zero-order chi connectivity index (χ0) is 18.3. The summed E-state index contributed by atoms with van der Waals surface area (Å²) in [6.45, 7) is 1.80. The first-order valence-corrected chi connectivity index (χ1v) is 7.87. The van der Waals surface area contributed by atoms with Crippen LogP contribution in [0.4, 0.5) is 10.2 Å². The van der Waals surface area contributed by atoms with Crippen LogP contribution in [0.5, 0.6) is 11.8 Å². The van der Waals surface area contributed by atoms with Gasteiger partial charge in [0, 0.05) is 30.7 Å². The summed E-state index contributed by atoms with van der Waals surface area (Å²) in [7, 11) is 1.86. The molecule has 0 atom stereocenters. The summed E-state index contributed by atoms with van der Waals surface area (Å²) < 4.78 is 21.7. The van der Waals surface area contributed by atoms with Crippen molar-refractivity contribution in [2.75, 3.05) is 5.73 Å². The van der Waals surface area contributed by atoms with Gasteiger partial charge in [0.2, 0.25) is 0 Å². The molecule has 0 saturated heterocycles. The normalized spacial score (nSPS) is 11.0. The number of hydrogen-bond donors (Lipinski definition) is 1. The first-order valence-electron chi connectivity index (χ1n) is 7.87. The molecule has 130 valence electrons. The maximum Gasteiger partial charge on any atom is 0.322 e. The Morgan fingerprint density at radius 3 is 2.73 bits per heavy atom. The van der Waals surface area contributed by atoms with Gasteiger partial charge in [-0.25, -0.2) is 24.3 Å². The Morgan fingerprint density at radius 1 is 1.12 bits per heavy atom. The second-order valence-corrected chi connectivity index (χ2v) is 5.82. The van der Waals surface area contributed by atoms with Crippen molar-refractivity contribution in [3.63, 3.8) is 0 Å². The maximum absolute atomic E-state index is 14.5. The van der Waals surface area contributed by atoms with E-state index in [-0.39, 0.29) is 11.8 Å². The number of rotatable bonds is 3. The van der Waals surface area contributed by atoms with Gasteiger partial charge in [0.1, 0.15) is 11.5 Å². The monoisotopic (exact) mass is 350 g/mol. The molecule has 0 aliphatic rings. The first-order chi connectivity index (χ1) is 12.5. The average molecular weight is 350 g/mol. The predicted octanol–water partition coefficient (Wildman–Crippen LogP) is 3.25. The van der Waals surface area contributed by atoms with Crippen LogP contribution in [0.3, 0.4) is 0 Å². The fraction of sp³-hybridized carbons (Fsp3) is 0.111. The lowest BCUT2D eigenvalue weighted by atomic mass is 10.2. The molecule has 4 rings (SSSR count). The van der Waals surface area contributed by atoms with E-state index in [1.807, 2.05) is 23.9 Å². The molecule has 7 nitrogen and oxygen atoms in total. The molecule has 3 heterocycles. The number of aryl methyl sites for hydroxylation is 2. The highest BCUT2D eigenvalue weighted by Crippen LogP contribution is 2.28. The highest BCUT2D eigenvalue weighted by atomic mass is 19.1. The topological polar surface area (TPSA) is 91.7 Å². The van der Waals surface area contributed by atoms with Crippen molar-refractivity contribution < 1.29 is 9.13 Å². The van der Waals surface area contributed by atoms with Crippen LogP contribution in [-0.4, -0.2) is 24.5 Å². The number of benzene rings is 1. The van der Waals surface area contributed by atoms with E-state index in [0.717, 1.165) is 11.1 Å². The molecule has 0 fully saturated rings. The summed E-state index contributed by atoms with van der Waals surface area (Å²) in [6.07, 6.45) is 3.40. The van der Waals surface area contributed by atoms with Gasteiger partial charge in [-0.2, -0.15) is 0 Å². The molecule has 0 bridgehead atoms. The Kier molecular flexibility index (Phi) is 3.72. The molecule has 0 aliphatic heterocycles. The smallest absolute Gasteiger partial charge is 0.322 e. The number of aromatic nitrogens is 5. The van der Waals surface area contributed by atoms with Crippen LogP contribution in [0.1, 0.15) is 5.69 Å². The lowest BCUT2D eigenvalue weighted by Gasteiger charge is -2.08. The fourth-order valence-corrected chi connectivity index (χ4v) is 2.59. The van der Waals surface area contributed by atoms with Crippen molar-refractivity contribution in [1.82, 2.24) is 24.5 Å². The fourth-order valence-electron chi connectivity index (χ4n) is 2.59. The van der Waals surface area contributed by atoms with Crippen molar-refractivity contribution in [2.45, 2.75) is 6.92 Å². The standard InChI is InChI=1S/C18H15FN6O/c1-10-5-7-21-18(22-10)26-14-4-3-11(9-13(14)19)16-23-15(20)12-6-8-25(2)17(12)24-16/h3-9H,1-2H3,(H2,20,23,24). The van der Waals surface area contributed by atoms with Crippen LogP contribution in [-0.2, 0) is 7.05 Å². The molecule has 0 amide bonds. The Morgan fingerprint density at radius 2 is 1.96 bits per heavy atom. The third-order valence-corrected chi connectivity index (χ3v) is 3.92. The molecule has 3 aromatic heterocycles. The molecule has 8 heteroatoms. The molecular formula is C18H15FN6O. The van der Waals surface area contributed by atoms with Gasteiger partial charge in [0.25, 0.3) is 0 Å². The highest BCUT2D eigenvalue weighted by Gasteiger charge is 2.13. The molecule has 0 aliphatic carbocycles. The summed E-state index contributed by atoms with van der Waals surface area (Å²) >= 11 is 0. The van der Waals surface area contributed by atoms with Gasteiger partial charge in [-0.3, -0.25) is 0 Å². The molecule has 26 heavy (non-hydrogen) atoms. The van der Waals surface area contributed by atoms with Crippen LogP contribution in [0, 0.1) is 12.7 Å². The molecule has 0 unspecified atom stereocenters. The highest BCUT2D eigenvalue weighted by molar-refractivity contribution is 5.88. The van der Waals surface area contributed by atoms with Crippen LogP contribution in [0.15, 0.2) is 42.7 Å². The third kappa shape index (κ3) is 2.81. The molecule has 0 radical (unpaired) electrons. The van der Waals surface area contributed by atoms with Crippen molar-refractivity contribution in [3.05, 3.63) is 54.2 Å². The maximum atomic E-state index is 14.5. The second kappa shape index (κ2) is 6.07. The van der Waals surface area contributed by atoms with Gasteiger partial charge >= 0.3 is 6.01 Å². The summed E-state index contributed by atoms with van der Waals surface area (Å²) in [5.41, 5.74) is 7.90. The summed E-state index contributed by atoms with van der Waals surface area (Å²) in [6, 6.07) is 8.11.